The van der Waals surface area contributed by atoms with Crippen molar-refractivity contribution >= 4 is 0 Å². The Labute approximate surface area is 66.8 Å². The first kappa shape index (κ1) is 8.47. The zero-order valence-corrected chi connectivity index (χ0v) is 6.76. The van der Waals surface area contributed by atoms with E-state index < -0.39 is 0 Å². The van der Waals surface area contributed by atoms with Crippen LogP contribution in [0.15, 0.2) is 24.1 Å². The van der Waals surface area contributed by atoms with Gasteiger partial charge in [0.1, 0.15) is 5.83 Å². The molecule has 0 saturated carbocycles. The highest BCUT2D eigenvalue weighted by Gasteiger charge is 2.19. The molecule has 2 heteroatoms. The zero-order chi connectivity index (χ0) is 8.27. The lowest BCUT2D eigenvalue weighted by Crippen LogP contribution is -2.16. The molecular weight excluding hydrogens is 141 g/mol. The molecule has 0 aliphatic heterocycles. The van der Waals surface area contributed by atoms with Crippen LogP contribution in [-0.4, -0.2) is 6.54 Å². The molecule has 1 rings (SSSR count). The topological polar surface area (TPSA) is 26.0 Å². The van der Waals surface area contributed by atoms with Gasteiger partial charge >= 0.3 is 0 Å². The lowest BCUT2D eigenvalue weighted by atomic mass is 9.87. The number of hydrogen-bond donors (Lipinski definition) is 1. The lowest BCUT2D eigenvalue weighted by molar-refractivity contribution is 0.382. The van der Waals surface area contributed by atoms with E-state index in [-0.39, 0.29) is 11.7 Å². The fourth-order valence-corrected chi connectivity index (χ4v) is 1.35. The molecule has 0 aromatic rings. The zero-order valence-electron chi connectivity index (χ0n) is 6.76. The van der Waals surface area contributed by atoms with Gasteiger partial charge in [-0.25, -0.2) is 4.39 Å². The molecule has 0 spiro atoms. The maximum Gasteiger partial charge on any atom is 0.103 e. The van der Waals surface area contributed by atoms with Gasteiger partial charge in [-0.1, -0.05) is 19.1 Å². The van der Waals surface area contributed by atoms with Crippen LogP contribution in [0.5, 0.6) is 0 Å². The molecule has 0 saturated heterocycles. The smallest absolute Gasteiger partial charge is 0.103 e. The molecule has 0 bridgehead atoms. The van der Waals surface area contributed by atoms with Crippen molar-refractivity contribution in [3.8, 4) is 0 Å². The molecule has 0 fully saturated rings. The van der Waals surface area contributed by atoms with Crippen LogP contribution in [0, 0.1) is 11.8 Å². The van der Waals surface area contributed by atoms with Crippen LogP contribution >= 0.6 is 0 Å². The van der Waals surface area contributed by atoms with Gasteiger partial charge in [0.15, 0.2) is 0 Å². The van der Waals surface area contributed by atoms with Crippen molar-refractivity contribution in [1.29, 1.82) is 0 Å². The van der Waals surface area contributed by atoms with Crippen LogP contribution in [0.2, 0.25) is 0 Å². The first-order valence-electron chi connectivity index (χ1n) is 3.99. The SMILES string of the molecule is CC1C(F)=CC=CC1CCN. The third kappa shape index (κ3) is 1.90. The summed E-state index contributed by atoms with van der Waals surface area (Å²) in [6, 6.07) is 0. The number of halogens is 1. The van der Waals surface area contributed by atoms with E-state index in [4.69, 9.17) is 5.73 Å². The second-order valence-electron chi connectivity index (χ2n) is 2.97. The van der Waals surface area contributed by atoms with Crippen molar-refractivity contribution in [2.24, 2.45) is 17.6 Å². The third-order valence-corrected chi connectivity index (χ3v) is 2.19. The molecule has 0 aromatic heterocycles. The average molecular weight is 155 g/mol. The van der Waals surface area contributed by atoms with Crippen LogP contribution in [0.1, 0.15) is 13.3 Å². The molecule has 0 heterocycles. The van der Waals surface area contributed by atoms with Crippen LogP contribution in [0.3, 0.4) is 0 Å². The second-order valence-corrected chi connectivity index (χ2v) is 2.97. The highest BCUT2D eigenvalue weighted by molar-refractivity contribution is 5.17. The summed E-state index contributed by atoms with van der Waals surface area (Å²) in [5.41, 5.74) is 5.39. The molecule has 0 amide bonds. The van der Waals surface area contributed by atoms with Gasteiger partial charge in [-0.15, -0.1) is 0 Å². The summed E-state index contributed by atoms with van der Waals surface area (Å²) in [7, 11) is 0. The Hall–Kier alpha value is -0.630. The summed E-state index contributed by atoms with van der Waals surface area (Å²) < 4.78 is 12.9. The van der Waals surface area contributed by atoms with Crippen molar-refractivity contribution in [3.05, 3.63) is 24.1 Å². The Morgan fingerprint density at radius 1 is 1.64 bits per heavy atom. The van der Waals surface area contributed by atoms with Crippen LogP contribution in [0.4, 0.5) is 4.39 Å². The fourth-order valence-electron chi connectivity index (χ4n) is 1.35. The summed E-state index contributed by atoms with van der Waals surface area (Å²) in [6.45, 7) is 2.53. The summed E-state index contributed by atoms with van der Waals surface area (Å²) in [4.78, 5) is 0. The summed E-state index contributed by atoms with van der Waals surface area (Å²) >= 11 is 0. The maximum atomic E-state index is 12.9. The first-order chi connectivity index (χ1) is 5.25. The van der Waals surface area contributed by atoms with Crippen molar-refractivity contribution in [2.45, 2.75) is 13.3 Å². The summed E-state index contributed by atoms with van der Waals surface area (Å²) in [5, 5.41) is 0. The Bertz CT molecular complexity index is 184. The van der Waals surface area contributed by atoms with E-state index in [2.05, 4.69) is 0 Å². The highest BCUT2D eigenvalue weighted by Crippen LogP contribution is 2.28. The van der Waals surface area contributed by atoms with Gasteiger partial charge in [-0.2, -0.15) is 0 Å². The van der Waals surface area contributed by atoms with Gasteiger partial charge in [0.2, 0.25) is 0 Å². The van der Waals surface area contributed by atoms with Crippen molar-refractivity contribution in [1.82, 2.24) is 0 Å². The van der Waals surface area contributed by atoms with E-state index in [1.807, 2.05) is 13.0 Å². The Morgan fingerprint density at radius 2 is 2.36 bits per heavy atom. The number of hydrogen-bond acceptors (Lipinski definition) is 1. The number of rotatable bonds is 2. The first-order valence-corrected chi connectivity index (χ1v) is 3.99. The third-order valence-electron chi connectivity index (χ3n) is 2.19. The van der Waals surface area contributed by atoms with E-state index in [1.165, 1.54) is 6.08 Å². The largest absolute Gasteiger partial charge is 0.330 e. The molecule has 1 aliphatic carbocycles. The predicted molar refractivity (Wildman–Crippen MR) is 44.7 cm³/mol. The minimum absolute atomic E-state index is 0.0172. The molecule has 1 aliphatic rings. The number of allylic oxidation sites excluding steroid dienone is 4. The molecule has 0 radical (unpaired) electrons. The van der Waals surface area contributed by atoms with Crippen molar-refractivity contribution < 1.29 is 4.39 Å². The standard InChI is InChI=1S/C9H14FN/c1-7-8(5-6-11)3-2-4-9(7)10/h2-4,7-8H,5-6,11H2,1H3. The lowest BCUT2D eigenvalue weighted by Gasteiger charge is -2.21. The minimum Gasteiger partial charge on any atom is -0.330 e. The van der Waals surface area contributed by atoms with Crippen LogP contribution in [0.25, 0.3) is 0 Å². The second kappa shape index (κ2) is 3.67. The highest BCUT2D eigenvalue weighted by atomic mass is 19.1. The fraction of sp³-hybridized carbons (Fsp3) is 0.556. The Kier molecular flexibility index (Phi) is 2.83. The van der Waals surface area contributed by atoms with Crippen molar-refractivity contribution in [2.75, 3.05) is 6.54 Å². The van der Waals surface area contributed by atoms with Gasteiger partial charge in [0, 0.05) is 5.92 Å². The molecular formula is C9H14FN. The monoisotopic (exact) mass is 155 g/mol. The van der Waals surface area contributed by atoms with E-state index in [9.17, 15) is 4.39 Å². The Balaban J connectivity index is 2.58. The van der Waals surface area contributed by atoms with Gasteiger partial charge in [0.05, 0.1) is 0 Å². The van der Waals surface area contributed by atoms with Crippen LogP contribution in [-0.2, 0) is 0 Å². The maximum absolute atomic E-state index is 12.9. The van der Waals surface area contributed by atoms with Gasteiger partial charge in [0.25, 0.3) is 0 Å². The Morgan fingerprint density at radius 3 is 3.00 bits per heavy atom. The average Bonchev–Trinajstić information content (AvgIpc) is 1.99. The number of nitrogens with two attached hydrogens (primary N) is 1. The van der Waals surface area contributed by atoms with E-state index in [0.717, 1.165) is 6.42 Å². The van der Waals surface area contributed by atoms with E-state index in [1.54, 1.807) is 6.08 Å². The molecule has 0 aromatic carbocycles. The molecule has 11 heavy (non-hydrogen) atoms. The van der Waals surface area contributed by atoms with Gasteiger partial charge < -0.3 is 5.73 Å². The minimum atomic E-state index is -0.0223. The van der Waals surface area contributed by atoms with Crippen molar-refractivity contribution in [3.63, 3.8) is 0 Å². The quantitative estimate of drug-likeness (QED) is 0.648. The van der Waals surface area contributed by atoms with E-state index in [0.29, 0.717) is 12.5 Å². The van der Waals surface area contributed by atoms with Gasteiger partial charge in [-0.05, 0) is 25.0 Å². The van der Waals surface area contributed by atoms with Gasteiger partial charge in [-0.3, -0.25) is 0 Å². The van der Waals surface area contributed by atoms with Crippen LogP contribution < -0.4 is 5.73 Å². The summed E-state index contributed by atoms with van der Waals surface area (Å²) in [6.07, 6.45) is 6.20. The molecule has 62 valence electrons. The molecule has 2 atom stereocenters. The summed E-state index contributed by atoms with van der Waals surface area (Å²) in [5.74, 6) is 0.291. The predicted octanol–water partition coefficient (Wildman–Crippen LogP) is 2.01. The molecule has 2 N–H and O–H groups in total. The van der Waals surface area contributed by atoms with E-state index >= 15 is 0 Å². The molecule has 2 unspecified atom stereocenters. The molecule has 1 nitrogen and oxygen atoms in total. The normalized spacial score (nSPS) is 30.3.